The van der Waals surface area contributed by atoms with Crippen molar-refractivity contribution in [2.24, 2.45) is 0 Å². The maximum atomic E-state index is 10.5. The molecule has 0 atom stereocenters. The van der Waals surface area contributed by atoms with Gasteiger partial charge in [0.05, 0.1) is 11.4 Å². The Balaban J connectivity index is 0.00000121. The molecule has 1 aromatic rings. The number of carboxylic acid groups (broad SMARTS) is 1. The topological polar surface area (TPSA) is 81.7 Å². The van der Waals surface area contributed by atoms with Crippen molar-refractivity contribution in [2.75, 3.05) is 0 Å². The Bertz CT molecular complexity index is 258. The van der Waals surface area contributed by atoms with Crippen molar-refractivity contribution in [3.05, 3.63) is 12.2 Å². The van der Waals surface area contributed by atoms with Gasteiger partial charge in [-0.3, -0.25) is 5.10 Å². The third-order valence-electron chi connectivity index (χ3n) is 1.52. The van der Waals surface area contributed by atoms with Crippen LogP contribution in [0.3, 0.4) is 0 Å². The summed E-state index contributed by atoms with van der Waals surface area (Å²) in [5.41, 5.74) is -1.10. The molecule has 0 amide bonds. The number of hydrogen-bond acceptors (Lipinski definition) is 4. The Labute approximate surface area is 81.8 Å². The van der Waals surface area contributed by atoms with Gasteiger partial charge in [0.25, 0.3) is 0 Å². The summed E-state index contributed by atoms with van der Waals surface area (Å²) in [6, 6.07) is 0. The van der Waals surface area contributed by atoms with Crippen molar-refractivity contribution in [1.82, 2.24) is 15.2 Å². The maximum absolute atomic E-state index is 10.5. The summed E-state index contributed by atoms with van der Waals surface area (Å²) in [7, 11) is 0. The Morgan fingerprint density at radius 3 is 2.58 bits per heavy atom. The summed E-state index contributed by atoms with van der Waals surface area (Å²) in [5, 5.41) is 16.5. The number of H-pyrrole nitrogens is 1. The molecule has 0 aliphatic heterocycles. The van der Waals surface area contributed by atoms with E-state index in [1.54, 1.807) is 0 Å². The van der Waals surface area contributed by atoms with E-state index < -0.39 is 11.4 Å². The molecule has 0 saturated carbocycles. The summed E-state index contributed by atoms with van der Waals surface area (Å²) >= 11 is 0. The normalized spacial score (nSPS) is 10.5. The standard InChI is InChI=1S/C6H9N3O2.Li/c1-6(2,5(10)11)4-7-3-8-9-4;/h3H,1-2H3,(H,10,11)(H,7,8,9);/q;+1/p-1. The predicted octanol–water partition coefficient (Wildman–Crippen LogP) is -4.16. The Morgan fingerprint density at radius 1 is 1.67 bits per heavy atom. The number of rotatable bonds is 2. The molecular weight excluding hydrogens is 153 g/mol. The van der Waals surface area contributed by atoms with Crippen LogP contribution in [-0.4, -0.2) is 21.2 Å². The zero-order chi connectivity index (χ0) is 8.48. The van der Waals surface area contributed by atoms with E-state index in [4.69, 9.17) is 0 Å². The molecule has 0 spiro atoms. The number of nitrogens with zero attached hydrogens (tertiary/aromatic N) is 2. The molecular formula is C6H8LiN3O2. The van der Waals surface area contributed by atoms with Crippen LogP contribution in [0.1, 0.15) is 19.7 Å². The number of aromatic amines is 1. The molecule has 12 heavy (non-hydrogen) atoms. The molecule has 1 aromatic heterocycles. The van der Waals surface area contributed by atoms with Gasteiger partial charge < -0.3 is 9.90 Å². The monoisotopic (exact) mass is 161 g/mol. The van der Waals surface area contributed by atoms with Crippen molar-refractivity contribution < 1.29 is 28.8 Å². The number of carboxylic acids is 1. The molecule has 60 valence electrons. The van der Waals surface area contributed by atoms with Crippen molar-refractivity contribution >= 4 is 5.97 Å². The minimum Gasteiger partial charge on any atom is -0.549 e. The van der Waals surface area contributed by atoms with Gasteiger partial charge in [-0.1, -0.05) is 0 Å². The number of hydrogen-bond donors (Lipinski definition) is 1. The van der Waals surface area contributed by atoms with E-state index in [2.05, 4.69) is 15.2 Å². The van der Waals surface area contributed by atoms with Crippen molar-refractivity contribution in [3.8, 4) is 0 Å². The summed E-state index contributed by atoms with van der Waals surface area (Å²) in [5.74, 6) is -0.869. The molecule has 0 bridgehead atoms. The van der Waals surface area contributed by atoms with E-state index in [-0.39, 0.29) is 18.9 Å². The molecule has 1 heterocycles. The third kappa shape index (κ3) is 1.87. The first-order valence-corrected chi connectivity index (χ1v) is 3.12. The minimum atomic E-state index is -1.17. The zero-order valence-corrected chi connectivity index (χ0v) is 7.29. The minimum absolute atomic E-state index is 0. The number of carbonyl (C=O) groups excluding carboxylic acids is 1. The number of aromatic nitrogens is 3. The van der Waals surface area contributed by atoms with E-state index in [1.165, 1.54) is 20.2 Å². The molecule has 0 fully saturated rings. The van der Waals surface area contributed by atoms with Crippen LogP contribution in [-0.2, 0) is 10.2 Å². The van der Waals surface area contributed by atoms with Crippen LogP contribution in [0.15, 0.2) is 6.33 Å². The average molecular weight is 161 g/mol. The van der Waals surface area contributed by atoms with Gasteiger partial charge in [-0.2, -0.15) is 5.10 Å². The van der Waals surface area contributed by atoms with Gasteiger partial charge in [0, 0.05) is 0 Å². The SMILES string of the molecule is CC(C)(C(=O)[O-])c1ncn[nH]1.[Li+]. The first kappa shape index (κ1) is 11.2. The second-order valence-corrected chi connectivity index (χ2v) is 2.75. The number of aliphatic carboxylic acids is 1. The van der Waals surface area contributed by atoms with E-state index in [0.717, 1.165) is 0 Å². The quantitative estimate of drug-likeness (QED) is 0.446. The summed E-state index contributed by atoms with van der Waals surface area (Å²) in [6.07, 6.45) is 1.26. The fourth-order valence-electron chi connectivity index (χ4n) is 0.603. The van der Waals surface area contributed by atoms with Crippen LogP contribution >= 0.6 is 0 Å². The molecule has 0 saturated heterocycles. The molecule has 0 aliphatic carbocycles. The first-order chi connectivity index (χ1) is 5.05. The number of carbonyl (C=O) groups is 1. The molecule has 1 N–H and O–H groups in total. The van der Waals surface area contributed by atoms with Crippen LogP contribution < -0.4 is 24.0 Å². The molecule has 6 heteroatoms. The summed E-state index contributed by atoms with van der Waals surface area (Å²) in [6.45, 7) is 3.01. The van der Waals surface area contributed by atoms with Gasteiger partial charge in [0.15, 0.2) is 0 Å². The third-order valence-corrected chi connectivity index (χ3v) is 1.52. The smallest absolute Gasteiger partial charge is 0.549 e. The van der Waals surface area contributed by atoms with Crippen LogP contribution in [0.2, 0.25) is 0 Å². The van der Waals surface area contributed by atoms with Crippen LogP contribution in [0.25, 0.3) is 0 Å². The maximum Gasteiger partial charge on any atom is 1.00 e. The molecule has 0 aromatic carbocycles. The zero-order valence-electron chi connectivity index (χ0n) is 7.29. The molecule has 1 rings (SSSR count). The van der Waals surface area contributed by atoms with Gasteiger partial charge in [-0.05, 0) is 13.8 Å². The van der Waals surface area contributed by atoms with E-state index >= 15 is 0 Å². The molecule has 0 aliphatic rings. The fourth-order valence-corrected chi connectivity index (χ4v) is 0.603. The fraction of sp³-hybridized carbons (Fsp3) is 0.500. The van der Waals surface area contributed by atoms with E-state index in [0.29, 0.717) is 5.82 Å². The second kappa shape index (κ2) is 3.74. The predicted molar refractivity (Wildman–Crippen MR) is 34.4 cm³/mol. The van der Waals surface area contributed by atoms with Crippen LogP contribution in [0.4, 0.5) is 0 Å². The number of nitrogens with one attached hydrogen (secondary N) is 1. The Kier molecular flexibility index (Phi) is 3.49. The Morgan fingerprint density at radius 2 is 2.25 bits per heavy atom. The van der Waals surface area contributed by atoms with Gasteiger partial charge >= 0.3 is 18.9 Å². The first-order valence-electron chi connectivity index (χ1n) is 3.12. The van der Waals surface area contributed by atoms with Crippen LogP contribution in [0.5, 0.6) is 0 Å². The Hall–Kier alpha value is -0.793. The largest absolute Gasteiger partial charge is 1.00 e. The van der Waals surface area contributed by atoms with Gasteiger partial charge in [-0.25, -0.2) is 4.98 Å². The molecule has 0 unspecified atom stereocenters. The summed E-state index contributed by atoms with van der Waals surface area (Å²) < 4.78 is 0. The van der Waals surface area contributed by atoms with Crippen molar-refractivity contribution in [2.45, 2.75) is 19.3 Å². The van der Waals surface area contributed by atoms with Crippen molar-refractivity contribution in [1.29, 1.82) is 0 Å². The van der Waals surface area contributed by atoms with Crippen molar-refractivity contribution in [3.63, 3.8) is 0 Å². The van der Waals surface area contributed by atoms with Crippen LogP contribution in [0, 0.1) is 0 Å². The van der Waals surface area contributed by atoms with E-state index in [9.17, 15) is 9.90 Å². The average Bonchev–Trinajstić information content (AvgIpc) is 2.37. The molecule has 0 radical (unpaired) electrons. The molecule has 5 nitrogen and oxygen atoms in total. The van der Waals surface area contributed by atoms with Gasteiger partial charge in [-0.15, -0.1) is 0 Å². The summed E-state index contributed by atoms with van der Waals surface area (Å²) in [4.78, 5) is 14.2. The van der Waals surface area contributed by atoms with Gasteiger partial charge in [0.2, 0.25) is 0 Å². The second-order valence-electron chi connectivity index (χ2n) is 2.75. The van der Waals surface area contributed by atoms with E-state index in [1.807, 2.05) is 0 Å². The van der Waals surface area contributed by atoms with Gasteiger partial charge in [0.1, 0.15) is 12.2 Å².